The lowest BCUT2D eigenvalue weighted by atomic mass is 10.6. The number of hydrogen-bond acceptors (Lipinski definition) is 2. The topological polar surface area (TPSA) is 30.2 Å². The van der Waals surface area contributed by atoms with Crippen LogP contribution in [0.3, 0.4) is 0 Å². The average molecular weight is 118 g/mol. The molecule has 2 rings (SSSR count). The van der Waals surface area contributed by atoms with Crippen molar-refractivity contribution in [3.63, 3.8) is 0 Å². The molecule has 0 atom stereocenters. The molecule has 2 aromatic heterocycles. The molecule has 2 heterocycles. The van der Waals surface area contributed by atoms with Gasteiger partial charge in [-0.05, 0) is 0 Å². The van der Waals surface area contributed by atoms with Gasteiger partial charge >= 0.3 is 0 Å². The van der Waals surface area contributed by atoms with Crippen LogP contribution in [0.1, 0.15) is 0 Å². The Morgan fingerprint density at radius 1 is 1.56 bits per heavy atom. The summed E-state index contributed by atoms with van der Waals surface area (Å²) >= 11 is 0. The summed E-state index contributed by atoms with van der Waals surface area (Å²) in [4.78, 5) is 7.84. The largest absolute Gasteiger partial charge is 0.290 e. The Hall–Kier alpha value is -1.38. The first-order valence-corrected chi connectivity index (χ1v) is 2.61. The molecule has 0 aliphatic heterocycles. The molecule has 2 aromatic rings. The Morgan fingerprint density at radius 2 is 2.56 bits per heavy atom. The second-order valence-electron chi connectivity index (χ2n) is 1.70. The molecule has 1 radical (unpaired) electrons. The van der Waals surface area contributed by atoms with E-state index in [1.807, 2.05) is 6.20 Å². The average Bonchev–Trinajstić information content (AvgIpc) is 2.33. The Kier molecular flexibility index (Phi) is 0.773. The van der Waals surface area contributed by atoms with Gasteiger partial charge in [-0.25, -0.2) is 9.97 Å². The van der Waals surface area contributed by atoms with Crippen molar-refractivity contribution in [3.05, 3.63) is 31.0 Å². The van der Waals surface area contributed by atoms with Gasteiger partial charge in [0.1, 0.15) is 12.0 Å². The summed E-state index contributed by atoms with van der Waals surface area (Å²) in [5.74, 6) is 0. The van der Waals surface area contributed by atoms with Crippen molar-refractivity contribution < 1.29 is 0 Å². The van der Waals surface area contributed by atoms with Gasteiger partial charge in [-0.3, -0.25) is 4.40 Å². The molecule has 3 heteroatoms. The first kappa shape index (κ1) is 4.49. The maximum Gasteiger partial charge on any atom is 0.147 e. The lowest BCUT2D eigenvalue weighted by molar-refractivity contribution is 1.08. The second kappa shape index (κ2) is 1.55. The van der Waals surface area contributed by atoms with Crippen LogP contribution in [0.2, 0.25) is 0 Å². The van der Waals surface area contributed by atoms with E-state index in [0.29, 0.717) is 0 Å². The van der Waals surface area contributed by atoms with E-state index in [1.54, 1.807) is 23.1 Å². The monoisotopic (exact) mass is 118 g/mol. The van der Waals surface area contributed by atoms with Crippen LogP contribution in [0.5, 0.6) is 0 Å². The summed E-state index contributed by atoms with van der Waals surface area (Å²) in [6.07, 6.45) is 6.84. The van der Waals surface area contributed by atoms with E-state index in [2.05, 4.69) is 16.0 Å². The molecule has 9 heavy (non-hydrogen) atoms. The minimum absolute atomic E-state index is 0.810. The third-order valence-electron chi connectivity index (χ3n) is 1.13. The highest BCUT2D eigenvalue weighted by Crippen LogP contribution is 1.93. The van der Waals surface area contributed by atoms with Crippen molar-refractivity contribution in [2.75, 3.05) is 0 Å². The summed E-state index contributed by atoms with van der Waals surface area (Å²) in [6.45, 7) is 0. The normalized spacial score (nSPS) is 10.2. The molecule has 0 saturated heterocycles. The second-order valence-corrected chi connectivity index (χ2v) is 1.70. The van der Waals surface area contributed by atoms with E-state index in [4.69, 9.17) is 0 Å². The van der Waals surface area contributed by atoms with Crippen LogP contribution < -0.4 is 0 Å². The van der Waals surface area contributed by atoms with Gasteiger partial charge in [-0.1, -0.05) is 0 Å². The SMILES string of the molecule is [c]1cncn2ccnc12. The summed E-state index contributed by atoms with van der Waals surface area (Å²) in [6, 6.07) is 2.87. The molecule has 0 saturated carbocycles. The zero-order valence-corrected chi connectivity index (χ0v) is 4.65. The molecule has 0 aromatic carbocycles. The lowest BCUT2D eigenvalue weighted by Gasteiger charge is -1.85. The molecular weight excluding hydrogens is 114 g/mol. The van der Waals surface area contributed by atoms with Gasteiger partial charge in [0.25, 0.3) is 0 Å². The highest BCUT2D eigenvalue weighted by molar-refractivity contribution is 5.33. The molecule has 0 spiro atoms. The molecule has 0 amide bonds. The van der Waals surface area contributed by atoms with Crippen molar-refractivity contribution in [3.8, 4) is 0 Å². The summed E-state index contributed by atoms with van der Waals surface area (Å²) in [5, 5.41) is 0. The third-order valence-corrected chi connectivity index (χ3v) is 1.13. The Labute approximate surface area is 52.0 Å². The van der Waals surface area contributed by atoms with Crippen LogP contribution in [-0.2, 0) is 0 Å². The van der Waals surface area contributed by atoms with Crippen molar-refractivity contribution in [2.24, 2.45) is 0 Å². The molecule has 3 nitrogen and oxygen atoms in total. The van der Waals surface area contributed by atoms with Crippen LogP contribution in [0.15, 0.2) is 24.9 Å². The van der Waals surface area contributed by atoms with Crippen LogP contribution in [-0.4, -0.2) is 14.4 Å². The molecular formula is C6H4N3. The number of hydrogen-bond donors (Lipinski definition) is 0. The molecule has 0 bridgehead atoms. The van der Waals surface area contributed by atoms with Gasteiger partial charge in [0, 0.05) is 24.7 Å². The fraction of sp³-hybridized carbons (Fsp3) is 0. The molecule has 0 aliphatic carbocycles. The molecule has 43 valence electrons. The minimum Gasteiger partial charge on any atom is -0.290 e. The van der Waals surface area contributed by atoms with Crippen molar-refractivity contribution in [1.82, 2.24) is 14.4 Å². The smallest absolute Gasteiger partial charge is 0.147 e. The van der Waals surface area contributed by atoms with Crippen molar-refractivity contribution >= 4 is 5.65 Å². The maximum atomic E-state index is 3.99. The van der Waals surface area contributed by atoms with Gasteiger partial charge < -0.3 is 0 Å². The number of imidazole rings is 1. The first-order valence-electron chi connectivity index (χ1n) is 2.61. The van der Waals surface area contributed by atoms with Crippen LogP contribution in [0.25, 0.3) is 5.65 Å². The zero-order chi connectivity index (χ0) is 6.10. The lowest BCUT2D eigenvalue weighted by Crippen LogP contribution is -1.82. The molecule has 0 aliphatic rings. The van der Waals surface area contributed by atoms with Gasteiger partial charge in [-0.2, -0.15) is 0 Å². The maximum absolute atomic E-state index is 3.99. The van der Waals surface area contributed by atoms with Crippen LogP contribution in [0, 0.1) is 6.07 Å². The van der Waals surface area contributed by atoms with Crippen LogP contribution in [0.4, 0.5) is 0 Å². The Balaban J connectivity index is 2.95. The molecule has 0 N–H and O–H groups in total. The van der Waals surface area contributed by atoms with E-state index in [-0.39, 0.29) is 0 Å². The Morgan fingerprint density at radius 3 is 3.44 bits per heavy atom. The summed E-state index contributed by atoms with van der Waals surface area (Å²) in [7, 11) is 0. The summed E-state index contributed by atoms with van der Waals surface area (Å²) in [5.41, 5.74) is 0.810. The van der Waals surface area contributed by atoms with E-state index in [9.17, 15) is 0 Å². The quantitative estimate of drug-likeness (QED) is 0.505. The van der Waals surface area contributed by atoms with Crippen molar-refractivity contribution in [2.45, 2.75) is 0 Å². The Bertz CT molecular complexity index is 282. The number of fused-ring (bicyclic) bond motifs is 1. The number of rotatable bonds is 0. The van der Waals surface area contributed by atoms with Crippen LogP contribution >= 0.6 is 0 Å². The van der Waals surface area contributed by atoms with Gasteiger partial charge in [0.05, 0.1) is 0 Å². The highest BCUT2D eigenvalue weighted by Gasteiger charge is 1.87. The van der Waals surface area contributed by atoms with Gasteiger partial charge in [-0.15, -0.1) is 0 Å². The number of nitrogens with zero attached hydrogens (tertiary/aromatic N) is 3. The predicted octanol–water partition coefficient (Wildman–Crippen LogP) is 0.529. The van der Waals surface area contributed by atoms with E-state index < -0.39 is 0 Å². The van der Waals surface area contributed by atoms with E-state index in [1.165, 1.54) is 0 Å². The predicted molar refractivity (Wildman–Crippen MR) is 31.8 cm³/mol. The molecule has 0 fully saturated rings. The fourth-order valence-electron chi connectivity index (χ4n) is 0.718. The van der Waals surface area contributed by atoms with Gasteiger partial charge in [0.15, 0.2) is 0 Å². The minimum atomic E-state index is 0.810. The van der Waals surface area contributed by atoms with E-state index >= 15 is 0 Å². The number of aromatic nitrogens is 3. The zero-order valence-electron chi connectivity index (χ0n) is 4.65. The highest BCUT2D eigenvalue weighted by atomic mass is 15.0. The third kappa shape index (κ3) is 0.579. The molecule has 0 unspecified atom stereocenters. The first-order chi connectivity index (χ1) is 4.47. The van der Waals surface area contributed by atoms with E-state index in [0.717, 1.165) is 5.65 Å². The van der Waals surface area contributed by atoms with Crippen molar-refractivity contribution in [1.29, 1.82) is 0 Å². The fourth-order valence-corrected chi connectivity index (χ4v) is 0.718. The van der Waals surface area contributed by atoms with Gasteiger partial charge in [0.2, 0.25) is 0 Å². The standard InChI is InChI=1S/C6H4N3/c1-2-7-5-9-4-3-8-6(1)9/h2-5H. The summed E-state index contributed by atoms with van der Waals surface area (Å²) < 4.78 is 1.81.